The van der Waals surface area contributed by atoms with Crippen LogP contribution in [0.25, 0.3) is 21.9 Å². The SMILES string of the molecule is Cc1ccc2c(c1)c1ncn([C@H](C)c3ccccc3)c(=O)c1n2Cc1cccc(C(F)(F)F)c1. The van der Waals surface area contributed by atoms with Gasteiger partial charge >= 0.3 is 6.18 Å². The lowest BCUT2D eigenvalue weighted by atomic mass is 10.1. The van der Waals surface area contributed by atoms with Gasteiger partial charge in [-0.15, -0.1) is 0 Å². The first-order valence-electron chi connectivity index (χ1n) is 10.9. The van der Waals surface area contributed by atoms with Gasteiger partial charge in [0.2, 0.25) is 0 Å². The fourth-order valence-corrected chi connectivity index (χ4v) is 4.45. The largest absolute Gasteiger partial charge is 0.416 e. The van der Waals surface area contributed by atoms with Crippen LogP contribution in [0.3, 0.4) is 0 Å². The minimum atomic E-state index is -4.44. The first kappa shape index (κ1) is 21.9. The van der Waals surface area contributed by atoms with Gasteiger partial charge in [0.1, 0.15) is 11.0 Å². The number of nitrogens with zero attached hydrogens (tertiary/aromatic N) is 3. The molecule has 0 spiro atoms. The highest BCUT2D eigenvalue weighted by molar-refractivity contribution is 6.05. The van der Waals surface area contributed by atoms with Crippen molar-refractivity contribution < 1.29 is 13.2 Å². The van der Waals surface area contributed by atoms with Crippen LogP contribution in [0, 0.1) is 6.92 Å². The molecule has 34 heavy (non-hydrogen) atoms. The van der Waals surface area contributed by atoms with E-state index in [1.54, 1.807) is 21.5 Å². The van der Waals surface area contributed by atoms with Crippen LogP contribution in [-0.2, 0) is 12.7 Å². The number of hydrogen-bond donors (Lipinski definition) is 0. The highest BCUT2D eigenvalue weighted by Gasteiger charge is 2.30. The summed E-state index contributed by atoms with van der Waals surface area (Å²) in [4.78, 5) is 18.4. The molecule has 2 aromatic heterocycles. The van der Waals surface area contributed by atoms with Gasteiger partial charge in [-0.05, 0) is 49.2 Å². The van der Waals surface area contributed by atoms with Crippen molar-refractivity contribution in [1.29, 1.82) is 0 Å². The summed E-state index contributed by atoms with van der Waals surface area (Å²) in [6.07, 6.45) is -2.88. The molecule has 1 atom stereocenters. The number of halogens is 3. The van der Waals surface area contributed by atoms with E-state index in [1.165, 1.54) is 6.07 Å². The molecule has 0 amide bonds. The number of aromatic nitrogens is 3. The summed E-state index contributed by atoms with van der Waals surface area (Å²) < 4.78 is 43.2. The van der Waals surface area contributed by atoms with Crippen LogP contribution in [0.5, 0.6) is 0 Å². The third kappa shape index (κ3) is 3.77. The number of aryl methyl sites for hydroxylation is 1. The molecule has 5 aromatic rings. The molecule has 7 heteroatoms. The number of fused-ring (bicyclic) bond motifs is 3. The smallest absolute Gasteiger partial charge is 0.330 e. The van der Waals surface area contributed by atoms with Crippen LogP contribution in [0.15, 0.2) is 83.9 Å². The zero-order chi connectivity index (χ0) is 24.0. The van der Waals surface area contributed by atoms with Crippen molar-refractivity contribution in [2.45, 2.75) is 32.6 Å². The van der Waals surface area contributed by atoms with Crippen LogP contribution in [0.1, 0.15) is 35.2 Å². The maximum absolute atomic E-state index is 13.8. The second-order valence-electron chi connectivity index (χ2n) is 8.55. The van der Waals surface area contributed by atoms with E-state index >= 15 is 0 Å². The molecule has 2 heterocycles. The Labute approximate surface area is 193 Å². The molecule has 0 bridgehead atoms. The van der Waals surface area contributed by atoms with Gasteiger partial charge in [-0.2, -0.15) is 13.2 Å². The summed E-state index contributed by atoms with van der Waals surface area (Å²) in [6, 6.07) is 20.4. The van der Waals surface area contributed by atoms with Crippen molar-refractivity contribution in [3.8, 4) is 0 Å². The Balaban J connectivity index is 1.73. The molecule has 172 valence electrons. The van der Waals surface area contributed by atoms with E-state index in [0.29, 0.717) is 16.6 Å². The third-order valence-corrected chi connectivity index (χ3v) is 6.23. The Morgan fingerprint density at radius 2 is 1.74 bits per heavy atom. The highest BCUT2D eigenvalue weighted by Crippen LogP contribution is 2.31. The Morgan fingerprint density at radius 3 is 2.47 bits per heavy atom. The Morgan fingerprint density at radius 1 is 0.971 bits per heavy atom. The second-order valence-corrected chi connectivity index (χ2v) is 8.55. The number of alkyl halides is 3. The molecule has 0 aliphatic heterocycles. The van der Waals surface area contributed by atoms with Crippen LogP contribution in [0.4, 0.5) is 13.2 Å². The molecule has 0 unspecified atom stereocenters. The molecule has 0 N–H and O–H groups in total. The maximum atomic E-state index is 13.8. The summed E-state index contributed by atoms with van der Waals surface area (Å²) in [5.41, 5.74) is 3.16. The van der Waals surface area contributed by atoms with Gasteiger partial charge < -0.3 is 4.57 Å². The fraction of sp³-hybridized carbons (Fsp3) is 0.185. The van der Waals surface area contributed by atoms with E-state index in [9.17, 15) is 18.0 Å². The summed E-state index contributed by atoms with van der Waals surface area (Å²) in [7, 11) is 0. The van der Waals surface area contributed by atoms with E-state index in [4.69, 9.17) is 0 Å². The predicted octanol–water partition coefficient (Wildman–Crippen LogP) is 6.34. The van der Waals surface area contributed by atoms with Crippen LogP contribution in [0.2, 0.25) is 0 Å². The number of rotatable bonds is 4. The van der Waals surface area contributed by atoms with Crippen molar-refractivity contribution in [2.75, 3.05) is 0 Å². The lowest BCUT2D eigenvalue weighted by Crippen LogP contribution is -2.26. The predicted molar refractivity (Wildman–Crippen MR) is 127 cm³/mol. The second kappa shape index (κ2) is 8.17. The van der Waals surface area contributed by atoms with E-state index in [2.05, 4.69) is 4.98 Å². The van der Waals surface area contributed by atoms with Crippen molar-refractivity contribution in [2.24, 2.45) is 0 Å². The molecule has 0 fully saturated rings. The zero-order valence-electron chi connectivity index (χ0n) is 18.7. The molecular weight excluding hydrogens is 439 g/mol. The molecule has 5 rings (SSSR count). The molecule has 0 radical (unpaired) electrons. The van der Waals surface area contributed by atoms with Crippen molar-refractivity contribution in [3.05, 3.63) is 112 Å². The lowest BCUT2D eigenvalue weighted by Gasteiger charge is -2.16. The molecule has 4 nitrogen and oxygen atoms in total. The van der Waals surface area contributed by atoms with E-state index < -0.39 is 11.7 Å². The Kier molecular flexibility index (Phi) is 5.27. The van der Waals surface area contributed by atoms with Gasteiger partial charge in [0.05, 0.1) is 23.4 Å². The fourth-order valence-electron chi connectivity index (χ4n) is 4.45. The zero-order valence-corrected chi connectivity index (χ0v) is 18.7. The molecule has 0 aliphatic rings. The Hall–Kier alpha value is -3.87. The van der Waals surface area contributed by atoms with E-state index in [0.717, 1.165) is 34.2 Å². The quantitative estimate of drug-likeness (QED) is 0.314. The van der Waals surface area contributed by atoms with Gasteiger partial charge in [0, 0.05) is 11.9 Å². The van der Waals surface area contributed by atoms with Crippen LogP contribution < -0.4 is 5.56 Å². The molecular formula is C27H22F3N3O. The standard InChI is InChI=1S/C27H22F3N3O/c1-17-11-12-23-22(13-17)24-25(32(23)15-19-7-6-10-21(14-19)27(28,29)30)26(34)33(16-31-24)18(2)20-8-4-3-5-9-20/h3-14,16,18H,15H2,1-2H3/t18-/m1/s1. The van der Waals surface area contributed by atoms with Crippen LogP contribution in [-0.4, -0.2) is 14.1 Å². The summed E-state index contributed by atoms with van der Waals surface area (Å²) in [5, 5.41) is 0.804. The highest BCUT2D eigenvalue weighted by atomic mass is 19.4. The third-order valence-electron chi connectivity index (χ3n) is 6.23. The first-order valence-corrected chi connectivity index (χ1v) is 10.9. The average Bonchev–Trinajstić information content (AvgIpc) is 3.12. The van der Waals surface area contributed by atoms with E-state index in [1.807, 2.05) is 62.4 Å². The van der Waals surface area contributed by atoms with Crippen molar-refractivity contribution in [3.63, 3.8) is 0 Å². The maximum Gasteiger partial charge on any atom is 0.416 e. The Bertz CT molecular complexity index is 1570. The topological polar surface area (TPSA) is 39.8 Å². The lowest BCUT2D eigenvalue weighted by molar-refractivity contribution is -0.137. The van der Waals surface area contributed by atoms with Gasteiger partial charge in [-0.25, -0.2) is 4.98 Å². The van der Waals surface area contributed by atoms with Crippen molar-refractivity contribution >= 4 is 21.9 Å². The molecule has 0 saturated heterocycles. The number of benzene rings is 3. The molecule has 0 saturated carbocycles. The first-order chi connectivity index (χ1) is 16.2. The summed E-state index contributed by atoms with van der Waals surface area (Å²) in [6.45, 7) is 4.00. The van der Waals surface area contributed by atoms with Gasteiger partial charge in [0.15, 0.2) is 0 Å². The molecule has 3 aromatic carbocycles. The normalized spacial score (nSPS) is 13.0. The summed E-state index contributed by atoms with van der Waals surface area (Å²) >= 11 is 0. The van der Waals surface area contributed by atoms with E-state index in [-0.39, 0.29) is 18.1 Å². The van der Waals surface area contributed by atoms with Crippen molar-refractivity contribution in [1.82, 2.24) is 14.1 Å². The average molecular weight is 461 g/mol. The molecule has 0 aliphatic carbocycles. The van der Waals surface area contributed by atoms with Gasteiger partial charge in [-0.3, -0.25) is 9.36 Å². The minimum absolute atomic E-state index is 0.119. The summed E-state index contributed by atoms with van der Waals surface area (Å²) in [5.74, 6) is 0. The minimum Gasteiger partial charge on any atom is -0.330 e. The monoisotopic (exact) mass is 461 g/mol. The van der Waals surface area contributed by atoms with Crippen LogP contribution >= 0.6 is 0 Å². The van der Waals surface area contributed by atoms with Gasteiger partial charge in [-0.1, -0.05) is 54.1 Å². The number of hydrogen-bond acceptors (Lipinski definition) is 2. The van der Waals surface area contributed by atoms with Gasteiger partial charge in [0.25, 0.3) is 5.56 Å².